The predicted molar refractivity (Wildman–Crippen MR) is 98.9 cm³/mol. The molecule has 0 unspecified atom stereocenters. The normalized spacial score (nSPS) is 10.4. The number of nitrogens with zero attached hydrogens (tertiary/aromatic N) is 1. The lowest BCUT2D eigenvalue weighted by Crippen LogP contribution is -2.17. The minimum atomic E-state index is -0.156. The first-order chi connectivity index (χ1) is 12.3. The van der Waals surface area contributed by atoms with Gasteiger partial charge in [-0.05, 0) is 29.8 Å². The van der Waals surface area contributed by atoms with Crippen LogP contribution in [0.4, 0.5) is 5.69 Å². The lowest BCUT2D eigenvalue weighted by atomic mass is 10.2. The van der Waals surface area contributed by atoms with E-state index in [-0.39, 0.29) is 5.91 Å². The van der Waals surface area contributed by atoms with E-state index in [1.54, 1.807) is 6.07 Å². The van der Waals surface area contributed by atoms with E-state index in [1.807, 2.05) is 71.4 Å². The van der Waals surface area contributed by atoms with E-state index >= 15 is 0 Å². The van der Waals surface area contributed by atoms with Crippen molar-refractivity contribution in [2.24, 2.45) is 5.73 Å². The minimum Gasteiger partial charge on any atom is -0.492 e. The molecular formula is C20H21N3O2. The van der Waals surface area contributed by atoms with Gasteiger partial charge in [-0.2, -0.15) is 0 Å². The van der Waals surface area contributed by atoms with Crippen LogP contribution in [0, 0.1) is 0 Å². The van der Waals surface area contributed by atoms with Crippen LogP contribution in [0.15, 0.2) is 72.9 Å². The highest BCUT2D eigenvalue weighted by molar-refractivity contribution is 6.03. The predicted octanol–water partition coefficient (Wildman–Crippen LogP) is 3.13. The summed E-state index contributed by atoms with van der Waals surface area (Å²) >= 11 is 0. The molecule has 3 N–H and O–H groups in total. The van der Waals surface area contributed by atoms with E-state index in [0.29, 0.717) is 36.8 Å². The molecule has 0 radical (unpaired) electrons. The molecule has 1 aromatic heterocycles. The Bertz CT molecular complexity index is 828. The molecule has 0 fully saturated rings. The maximum atomic E-state index is 12.6. The fourth-order valence-electron chi connectivity index (χ4n) is 2.57. The SMILES string of the molecule is NCCOc1cccc(NC(=O)c2cccn2Cc2ccccc2)c1. The summed E-state index contributed by atoms with van der Waals surface area (Å²) in [5, 5.41) is 2.92. The van der Waals surface area contributed by atoms with E-state index in [1.165, 1.54) is 0 Å². The Hall–Kier alpha value is -3.05. The topological polar surface area (TPSA) is 69.3 Å². The van der Waals surface area contributed by atoms with Crippen molar-refractivity contribution in [1.29, 1.82) is 0 Å². The number of nitrogens with two attached hydrogens (primary N) is 1. The third-order valence-electron chi connectivity index (χ3n) is 3.74. The second-order valence-corrected chi connectivity index (χ2v) is 5.63. The van der Waals surface area contributed by atoms with E-state index < -0.39 is 0 Å². The van der Waals surface area contributed by atoms with Crippen molar-refractivity contribution < 1.29 is 9.53 Å². The third-order valence-corrected chi connectivity index (χ3v) is 3.74. The molecule has 0 atom stereocenters. The fourth-order valence-corrected chi connectivity index (χ4v) is 2.57. The highest BCUT2D eigenvalue weighted by Crippen LogP contribution is 2.18. The summed E-state index contributed by atoms with van der Waals surface area (Å²) in [6.45, 7) is 1.54. The first-order valence-corrected chi connectivity index (χ1v) is 8.19. The van der Waals surface area contributed by atoms with Crippen LogP contribution in [0.1, 0.15) is 16.1 Å². The smallest absolute Gasteiger partial charge is 0.272 e. The second-order valence-electron chi connectivity index (χ2n) is 5.63. The Morgan fingerprint density at radius 2 is 1.88 bits per heavy atom. The van der Waals surface area contributed by atoms with Gasteiger partial charge in [-0.3, -0.25) is 4.79 Å². The van der Waals surface area contributed by atoms with Gasteiger partial charge in [-0.15, -0.1) is 0 Å². The highest BCUT2D eigenvalue weighted by atomic mass is 16.5. The van der Waals surface area contributed by atoms with Crippen molar-refractivity contribution in [3.05, 3.63) is 84.2 Å². The molecule has 0 saturated heterocycles. The quantitative estimate of drug-likeness (QED) is 0.697. The van der Waals surface area contributed by atoms with E-state index in [0.717, 1.165) is 5.56 Å². The summed E-state index contributed by atoms with van der Waals surface area (Å²) in [6, 6.07) is 21.0. The summed E-state index contributed by atoms with van der Waals surface area (Å²) < 4.78 is 7.42. The number of benzene rings is 2. The molecule has 0 aliphatic carbocycles. The van der Waals surface area contributed by atoms with Crippen LogP contribution in [0.2, 0.25) is 0 Å². The largest absolute Gasteiger partial charge is 0.492 e. The number of amides is 1. The van der Waals surface area contributed by atoms with Crippen molar-refractivity contribution in [2.45, 2.75) is 6.54 Å². The summed E-state index contributed by atoms with van der Waals surface area (Å²) in [7, 11) is 0. The number of rotatable bonds is 7. The standard InChI is InChI=1S/C20H21N3O2/c21-11-13-25-18-9-4-8-17(14-18)22-20(24)19-10-5-12-23(19)15-16-6-2-1-3-7-16/h1-10,12,14H,11,13,15,21H2,(H,22,24). The summed E-state index contributed by atoms with van der Waals surface area (Å²) in [6.07, 6.45) is 1.91. The van der Waals surface area contributed by atoms with Gasteiger partial charge in [-0.1, -0.05) is 36.4 Å². The maximum absolute atomic E-state index is 12.6. The number of nitrogens with one attached hydrogen (secondary N) is 1. The number of carbonyl (C=O) groups is 1. The molecule has 3 rings (SSSR count). The van der Waals surface area contributed by atoms with Gasteiger partial charge in [0.2, 0.25) is 0 Å². The van der Waals surface area contributed by atoms with Gasteiger partial charge >= 0.3 is 0 Å². The van der Waals surface area contributed by atoms with Crippen molar-refractivity contribution in [3.8, 4) is 5.75 Å². The van der Waals surface area contributed by atoms with E-state index in [2.05, 4.69) is 5.32 Å². The van der Waals surface area contributed by atoms with Crippen LogP contribution in [-0.2, 0) is 6.54 Å². The number of hydrogen-bond donors (Lipinski definition) is 2. The monoisotopic (exact) mass is 335 g/mol. The van der Waals surface area contributed by atoms with Crippen LogP contribution in [0.5, 0.6) is 5.75 Å². The number of anilines is 1. The van der Waals surface area contributed by atoms with Crippen molar-refractivity contribution in [2.75, 3.05) is 18.5 Å². The van der Waals surface area contributed by atoms with Crippen LogP contribution in [-0.4, -0.2) is 23.6 Å². The van der Waals surface area contributed by atoms with Gasteiger partial charge in [0.15, 0.2) is 0 Å². The van der Waals surface area contributed by atoms with Crippen molar-refractivity contribution in [3.63, 3.8) is 0 Å². The Morgan fingerprint density at radius 1 is 1.04 bits per heavy atom. The van der Waals surface area contributed by atoms with Gasteiger partial charge < -0.3 is 20.4 Å². The Kier molecular flexibility index (Phi) is 5.49. The van der Waals surface area contributed by atoms with Crippen LogP contribution >= 0.6 is 0 Å². The molecule has 5 nitrogen and oxygen atoms in total. The summed E-state index contributed by atoms with van der Waals surface area (Å²) in [5.41, 5.74) is 7.88. The Morgan fingerprint density at radius 3 is 2.68 bits per heavy atom. The van der Waals surface area contributed by atoms with Gasteiger partial charge in [0, 0.05) is 31.0 Å². The first-order valence-electron chi connectivity index (χ1n) is 8.19. The van der Waals surface area contributed by atoms with Gasteiger partial charge in [0.05, 0.1) is 0 Å². The zero-order chi connectivity index (χ0) is 17.5. The van der Waals surface area contributed by atoms with Gasteiger partial charge in [0.25, 0.3) is 5.91 Å². The molecule has 25 heavy (non-hydrogen) atoms. The number of carbonyl (C=O) groups excluding carboxylic acids is 1. The fraction of sp³-hybridized carbons (Fsp3) is 0.150. The Balaban J connectivity index is 1.71. The minimum absolute atomic E-state index is 0.156. The maximum Gasteiger partial charge on any atom is 0.272 e. The summed E-state index contributed by atoms with van der Waals surface area (Å²) in [4.78, 5) is 12.6. The zero-order valence-electron chi connectivity index (χ0n) is 13.9. The van der Waals surface area contributed by atoms with Gasteiger partial charge in [0.1, 0.15) is 18.1 Å². The van der Waals surface area contributed by atoms with E-state index in [9.17, 15) is 4.79 Å². The number of aromatic nitrogens is 1. The molecule has 1 heterocycles. The average Bonchev–Trinajstić information content (AvgIpc) is 3.09. The molecular weight excluding hydrogens is 314 g/mol. The number of hydrogen-bond acceptors (Lipinski definition) is 3. The zero-order valence-corrected chi connectivity index (χ0v) is 13.9. The lowest BCUT2D eigenvalue weighted by molar-refractivity contribution is 0.101. The van der Waals surface area contributed by atoms with Crippen molar-refractivity contribution in [1.82, 2.24) is 4.57 Å². The molecule has 0 saturated carbocycles. The van der Waals surface area contributed by atoms with Crippen LogP contribution in [0.3, 0.4) is 0 Å². The van der Waals surface area contributed by atoms with Gasteiger partial charge in [-0.25, -0.2) is 0 Å². The molecule has 0 bridgehead atoms. The van der Waals surface area contributed by atoms with E-state index in [4.69, 9.17) is 10.5 Å². The summed E-state index contributed by atoms with van der Waals surface area (Å²) in [5.74, 6) is 0.528. The molecule has 1 amide bonds. The molecule has 0 aliphatic heterocycles. The first kappa shape index (κ1) is 16.8. The second kappa shape index (κ2) is 8.17. The van der Waals surface area contributed by atoms with Crippen molar-refractivity contribution >= 4 is 11.6 Å². The molecule has 2 aromatic carbocycles. The molecule has 5 heteroatoms. The average molecular weight is 335 g/mol. The third kappa shape index (κ3) is 4.49. The molecule has 0 aliphatic rings. The lowest BCUT2D eigenvalue weighted by Gasteiger charge is -2.11. The van der Waals surface area contributed by atoms with Crippen LogP contribution < -0.4 is 15.8 Å². The molecule has 3 aromatic rings. The molecule has 0 spiro atoms. The highest BCUT2D eigenvalue weighted by Gasteiger charge is 2.11. The van der Waals surface area contributed by atoms with Crippen LogP contribution in [0.25, 0.3) is 0 Å². The molecule has 128 valence electrons. The number of ether oxygens (including phenoxy) is 1. The Labute approximate surface area is 147 Å².